The molecule has 0 aromatic carbocycles. The van der Waals surface area contributed by atoms with Gasteiger partial charge in [0, 0.05) is 17.5 Å². The molecule has 0 bridgehead atoms. The molecule has 0 fully saturated rings. The van der Waals surface area contributed by atoms with Crippen molar-refractivity contribution in [3.63, 3.8) is 0 Å². The van der Waals surface area contributed by atoms with Crippen molar-refractivity contribution in [2.75, 3.05) is 59.4 Å². The normalized spacial score (nSPS) is 12.6. The standard InChI is InChI=1S/C18H37NO5/c1-17(2,3)16(20)15-24-14-13-23-12-11-22-10-9-21-8-7-19-18(4,5)6/h19H,7-15H2,1-6H3. The molecule has 0 aliphatic carbocycles. The van der Waals surface area contributed by atoms with Gasteiger partial charge in [-0.25, -0.2) is 0 Å². The number of Topliss-reactive ketones (excluding diaryl/α,β-unsaturated/α-hetero) is 1. The van der Waals surface area contributed by atoms with Crippen LogP contribution < -0.4 is 5.32 Å². The zero-order valence-corrected chi connectivity index (χ0v) is 16.4. The van der Waals surface area contributed by atoms with Gasteiger partial charge in [0.25, 0.3) is 0 Å². The van der Waals surface area contributed by atoms with E-state index in [1.807, 2.05) is 20.8 Å². The Kier molecular flexibility index (Phi) is 12.5. The maximum atomic E-state index is 11.6. The summed E-state index contributed by atoms with van der Waals surface area (Å²) in [6.45, 7) is 16.8. The summed E-state index contributed by atoms with van der Waals surface area (Å²) in [6.07, 6.45) is 0. The van der Waals surface area contributed by atoms with Gasteiger partial charge in [0.1, 0.15) is 6.61 Å². The van der Waals surface area contributed by atoms with Gasteiger partial charge in [0.2, 0.25) is 0 Å². The van der Waals surface area contributed by atoms with Crippen LogP contribution in [0.4, 0.5) is 0 Å². The summed E-state index contributed by atoms with van der Waals surface area (Å²) >= 11 is 0. The Labute approximate surface area is 147 Å². The monoisotopic (exact) mass is 347 g/mol. The van der Waals surface area contributed by atoms with Crippen molar-refractivity contribution in [3.05, 3.63) is 0 Å². The Morgan fingerprint density at radius 2 is 1.12 bits per heavy atom. The van der Waals surface area contributed by atoms with E-state index in [1.54, 1.807) is 0 Å². The fraction of sp³-hybridized carbons (Fsp3) is 0.944. The van der Waals surface area contributed by atoms with E-state index in [0.717, 1.165) is 6.54 Å². The molecule has 0 amide bonds. The van der Waals surface area contributed by atoms with E-state index in [-0.39, 0.29) is 23.3 Å². The van der Waals surface area contributed by atoms with Crippen molar-refractivity contribution < 1.29 is 23.7 Å². The van der Waals surface area contributed by atoms with Crippen LogP contribution in [-0.2, 0) is 23.7 Å². The van der Waals surface area contributed by atoms with Crippen molar-refractivity contribution in [1.82, 2.24) is 5.32 Å². The fourth-order valence-electron chi connectivity index (χ4n) is 1.54. The molecule has 0 rings (SSSR count). The van der Waals surface area contributed by atoms with Crippen LogP contribution in [0.2, 0.25) is 0 Å². The Bertz CT molecular complexity index is 320. The predicted molar refractivity (Wildman–Crippen MR) is 95.5 cm³/mol. The summed E-state index contributed by atoms with van der Waals surface area (Å²) in [5.41, 5.74) is -0.222. The molecule has 0 saturated heterocycles. The van der Waals surface area contributed by atoms with E-state index in [9.17, 15) is 4.79 Å². The third-order valence-corrected chi connectivity index (χ3v) is 3.09. The van der Waals surface area contributed by atoms with Crippen molar-refractivity contribution in [3.8, 4) is 0 Å². The predicted octanol–water partition coefficient (Wildman–Crippen LogP) is 2.06. The van der Waals surface area contributed by atoms with Crippen LogP contribution in [0.1, 0.15) is 41.5 Å². The largest absolute Gasteiger partial charge is 0.378 e. The maximum absolute atomic E-state index is 11.6. The van der Waals surface area contributed by atoms with Crippen LogP contribution in [0.5, 0.6) is 0 Å². The van der Waals surface area contributed by atoms with E-state index < -0.39 is 0 Å². The lowest BCUT2D eigenvalue weighted by Crippen LogP contribution is -2.38. The smallest absolute Gasteiger partial charge is 0.163 e. The molecule has 0 spiro atoms. The van der Waals surface area contributed by atoms with Crippen LogP contribution in [0.15, 0.2) is 0 Å². The maximum Gasteiger partial charge on any atom is 0.163 e. The highest BCUT2D eigenvalue weighted by molar-refractivity contribution is 5.84. The topological polar surface area (TPSA) is 66.0 Å². The van der Waals surface area contributed by atoms with E-state index in [0.29, 0.717) is 46.2 Å². The molecule has 0 aliphatic rings. The molecule has 0 radical (unpaired) electrons. The number of carbonyl (C=O) groups excluding carboxylic acids is 1. The van der Waals surface area contributed by atoms with Crippen LogP contribution >= 0.6 is 0 Å². The van der Waals surface area contributed by atoms with Gasteiger partial charge < -0.3 is 24.3 Å². The lowest BCUT2D eigenvalue weighted by Gasteiger charge is -2.20. The summed E-state index contributed by atoms with van der Waals surface area (Å²) < 4.78 is 21.5. The Morgan fingerprint density at radius 3 is 1.54 bits per heavy atom. The molecule has 0 aromatic rings. The number of nitrogens with one attached hydrogen (secondary N) is 1. The number of carbonyl (C=O) groups is 1. The highest BCUT2D eigenvalue weighted by atomic mass is 16.6. The molecule has 0 atom stereocenters. The van der Waals surface area contributed by atoms with Gasteiger partial charge in [-0.2, -0.15) is 0 Å². The fourth-order valence-corrected chi connectivity index (χ4v) is 1.54. The van der Waals surface area contributed by atoms with Crippen LogP contribution in [0, 0.1) is 5.41 Å². The first-order chi connectivity index (χ1) is 11.1. The van der Waals surface area contributed by atoms with Gasteiger partial charge >= 0.3 is 0 Å². The molecule has 1 N–H and O–H groups in total. The van der Waals surface area contributed by atoms with Crippen molar-refractivity contribution in [2.24, 2.45) is 5.41 Å². The summed E-state index contributed by atoms with van der Waals surface area (Å²) in [6, 6.07) is 0. The molecule has 0 heterocycles. The minimum atomic E-state index is -0.348. The summed E-state index contributed by atoms with van der Waals surface area (Å²) in [7, 11) is 0. The first-order valence-electron chi connectivity index (χ1n) is 8.72. The summed E-state index contributed by atoms with van der Waals surface area (Å²) in [5.74, 6) is 0.100. The minimum absolute atomic E-state index is 0.100. The molecular weight excluding hydrogens is 310 g/mol. The Balaban J connectivity index is 3.20. The Morgan fingerprint density at radius 1 is 0.708 bits per heavy atom. The SMILES string of the molecule is CC(C)(C)NCCOCCOCCOCCOCC(=O)C(C)(C)C. The van der Waals surface area contributed by atoms with Gasteiger partial charge in [-0.1, -0.05) is 20.8 Å². The summed E-state index contributed by atoms with van der Waals surface area (Å²) in [5, 5.41) is 3.35. The second-order valence-electron chi connectivity index (χ2n) is 7.74. The zero-order chi connectivity index (χ0) is 18.5. The Hall–Kier alpha value is -0.530. The number of hydrogen-bond donors (Lipinski definition) is 1. The molecule has 0 aromatic heterocycles. The molecule has 0 unspecified atom stereocenters. The van der Waals surface area contributed by atoms with E-state index in [1.165, 1.54) is 0 Å². The van der Waals surface area contributed by atoms with Crippen LogP contribution in [0.25, 0.3) is 0 Å². The van der Waals surface area contributed by atoms with E-state index >= 15 is 0 Å². The van der Waals surface area contributed by atoms with Gasteiger partial charge in [-0.05, 0) is 20.8 Å². The second kappa shape index (κ2) is 12.8. The molecule has 6 heteroatoms. The quantitative estimate of drug-likeness (QED) is 0.485. The van der Waals surface area contributed by atoms with Gasteiger partial charge in [-0.3, -0.25) is 4.79 Å². The van der Waals surface area contributed by atoms with Crippen LogP contribution in [-0.4, -0.2) is 70.7 Å². The average Bonchev–Trinajstić information content (AvgIpc) is 2.45. The lowest BCUT2D eigenvalue weighted by atomic mass is 9.91. The highest BCUT2D eigenvalue weighted by Crippen LogP contribution is 2.14. The summed E-state index contributed by atoms with van der Waals surface area (Å²) in [4.78, 5) is 11.6. The molecule has 0 aliphatic heterocycles. The number of ketones is 1. The zero-order valence-electron chi connectivity index (χ0n) is 16.4. The first-order valence-corrected chi connectivity index (χ1v) is 8.72. The lowest BCUT2D eigenvalue weighted by molar-refractivity contribution is -0.131. The molecule has 24 heavy (non-hydrogen) atoms. The number of hydrogen-bond acceptors (Lipinski definition) is 6. The third-order valence-electron chi connectivity index (χ3n) is 3.09. The number of rotatable bonds is 14. The van der Waals surface area contributed by atoms with Crippen LogP contribution in [0.3, 0.4) is 0 Å². The molecule has 6 nitrogen and oxygen atoms in total. The second-order valence-corrected chi connectivity index (χ2v) is 7.74. The molecular formula is C18H37NO5. The van der Waals surface area contributed by atoms with Gasteiger partial charge in [0.15, 0.2) is 5.78 Å². The average molecular weight is 347 g/mol. The van der Waals surface area contributed by atoms with E-state index in [2.05, 4.69) is 26.1 Å². The third kappa shape index (κ3) is 16.3. The highest BCUT2D eigenvalue weighted by Gasteiger charge is 2.20. The van der Waals surface area contributed by atoms with Gasteiger partial charge in [-0.15, -0.1) is 0 Å². The van der Waals surface area contributed by atoms with Gasteiger partial charge in [0.05, 0.1) is 46.2 Å². The van der Waals surface area contributed by atoms with Crippen molar-refractivity contribution in [1.29, 1.82) is 0 Å². The molecule has 0 saturated carbocycles. The number of ether oxygens (including phenoxy) is 4. The van der Waals surface area contributed by atoms with Crippen molar-refractivity contribution >= 4 is 5.78 Å². The van der Waals surface area contributed by atoms with E-state index in [4.69, 9.17) is 18.9 Å². The first kappa shape index (κ1) is 23.5. The molecule has 144 valence electrons. The van der Waals surface area contributed by atoms with Crippen molar-refractivity contribution in [2.45, 2.75) is 47.1 Å². The minimum Gasteiger partial charge on any atom is -0.378 e.